The van der Waals surface area contributed by atoms with Gasteiger partial charge in [-0.3, -0.25) is 9.59 Å². The van der Waals surface area contributed by atoms with Gasteiger partial charge in [0.25, 0.3) is 5.91 Å². The Bertz CT molecular complexity index is 456. The molecule has 0 N–H and O–H groups in total. The molecule has 1 aliphatic rings. The van der Waals surface area contributed by atoms with Crippen LogP contribution in [0.2, 0.25) is 0 Å². The molecule has 5 heteroatoms. The summed E-state index contributed by atoms with van der Waals surface area (Å²) < 4.78 is 0. The highest BCUT2D eigenvalue weighted by Gasteiger charge is 2.24. The van der Waals surface area contributed by atoms with Gasteiger partial charge in [0, 0.05) is 43.9 Å². The van der Waals surface area contributed by atoms with Gasteiger partial charge in [0.15, 0.2) is 0 Å². The fourth-order valence-electron chi connectivity index (χ4n) is 2.27. The van der Waals surface area contributed by atoms with Gasteiger partial charge in [0.2, 0.25) is 5.91 Å². The molecule has 0 radical (unpaired) electrons. The highest BCUT2D eigenvalue weighted by molar-refractivity contribution is 7.98. The van der Waals surface area contributed by atoms with Crippen molar-refractivity contribution in [2.75, 3.05) is 38.2 Å². The number of benzene rings is 1. The summed E-state index contributed by atoms with van der Waals surface area (Å²) in [5, 5.41) is 0. The first-order valence-electron chi connectivity index (χ1n) is 6.83. The van der Waals surface area contributed by atoms with Gasteiger partial charge in [0.05, 0.1) is 0 Å². The average molecular weight is 292 g/mol. The molecule has 1 heterocycles. The molecular weight excluding hydrogens is 272 g/mol. The largest absolute Gasteiger partial charge is 0.339 e. The molecule has 0 unspecified atom stereocenters. The number of amides is 2. The smallest absolute Gasteiger partial charge is 0.253 e. The number of hydrogen-bond donors (Lipinski definition) is 0. The van der Waals surface area contributed by atoms with Crippen molar-refractivity contribution in [3.63, 3.8) is 0 Å². The highest BCUT2D eigenvalue weighted by atomic mass is 32.2. The van der Waals surface area contributed by atoms with E-state index in [0.29, 0.717) is 32.6 Å². The Hall–Kier alpha value is -1.49. The molecule has 1 aliphatic heterocycles. The number of nitrogens with zero attached hydrogens (tertiary/aromatic N) is 2. The fraction of sp³-hybridized carbons (Fsp3) is 0.467. The molecule has 0 spiro atoms. The molecule has 2 amide bonds. The third-order valence-electron chi connectivity index (χ3n) is 3.46. The highest BCUT2D eigenvalue weighted by Crippen LogP contribution is 2.10. The van der Waals surface area contributed by atoms with Crippen LogP contribution >= 0.6 is 11.8 Å². The number of carbonyl (C=O) groups excluding carboxylic acids is 2. The average Bonchev–Trinajstić information content (AvgIpc) is 2.53. The molecule has 2 rings (SSSR count). The van der Waals surface area contributed by atoms with Crippen LogP contribution in [0.5, 0.6) is 0 Å². The summed E-state index contributed by atoms with van der Waals surface area (Å²) in [4.78, 5) is 27.9. The maximum atomic E-state index is 12.3. The Morgan fingerprint density at radius 1 is 1.05 bits per heavy atom. The topological polar surface area (TPSA) is 40.6 Å². The zero-order valence-electron chi connectivity index (χ0n) is 11.7. The van der Waals surface area contributed by atoms with E-state index in [1.165, 1.54) is 0 Å². The Balaban J connectivity index is 1.85. The van der Waals surface area contributed by atoms with Crippen molar-refractivity contribution in [2.45, 2.75) is 6.42 Å². The lowest BCUT2D eigenvalue weighted by atomic mass is 10.2. The lowest BCUT2D eigenvalue weighted by Crippen LogP contribution is -2.50. The van der Waals surface area contributed by atoms with Crippen LogP contribution in [0.1, 0.15) is 16.8 Å². The Labute approximate surface area is 124 Å². The van der Waals surface area contributed by atoms with E-state index in [1.807, 2.05) is 46.4 Å². The van der Waals surface area contributed by atoms with Crippen LogP contribution in [0.4, 0.5) is 0 Å². The van der Waals surface area contributed by atoms with Crippen LogP contribution in [-0.4, -0.2) is 59.8 Å². The first-order chi connectivity index (χ1) is 9.72. The normalized spacial score (nSPS) is 15.2. The van der Waals surface area contributed by atoms with Crippen molar-refractivity contribution in [3.8, 4) is 0 Å². The van der Waals surface area contributed by atoms with Gasteiger partial charge in [-0.2, -0.15) is 11.8 Å². The van der Waals surface area contributed by atoms with E-state index in [9.17, 15) is 9.59 Å². The maximum absolute atomic E-state index is 12.3. The van der Waals surface area contributed by atoms with Crippen LogP contribution in [0.25, 0.3) is 0 Å². The minimum atomic E-state index is 0.0572. The second-order valence-corrected chi connectivity index (χ2v) is 5.77. The molecular formula is C15H20N2O2S. The summed E-state index contributed by atoms with van der Waals surface area (Å²) >= 11 is 1.68. The van der Waals surface area contributed by atoms with E-state index in [-0.39, 0.29) is 11.8 Å². The Morgan fingerprint density at radius 3 is 2.25 bits per heavy atom. The summed E-state index contributed by atoms with van der Waals surface area (Å²) in [5.41, 5.74) is 0.717. The van der Waals surface area contributed by atoms with Crippen molar-refractivity contribution < 1.29 is 9.59 Å². The molecule has 0 aromatic heterocycles. The van der Waals surface area contributed by atoms with E-state index in [0.717, 1.165) is 11.3 Å². The molecule has 1 saturated heterocycles. The number of thioether (sulfide) groups is 1. The third kappa shape index (κ3) is 3.76. The minimum absolute atomic E-state index is 0.0572. The zero-order chi connectivity index (χ0) is 14.4. The summed E-state index contributed by atoms with van der Waals surface area (Å²) in [6.45, 7) is 2.54. The van der Waals surface area contributed by atoms with Crippen molar-refractivity contribution in [3.05, 3.63) is 35.9 Å². The van der Waals surface area contributed by atoms with Gasteiger partial charge in [-0.1, -0.05) is 18.2 Å². The van der Waals surface area contributed by atoms with Crippen LogP contribution in [0, 0.1) is 0 Å². The SMILES string of the molecule is CSCCC(=O)N1CCN(C(=O)c2ccccc2)CC1. The number of hydrogen-bond acceptors (Lipinski definition) is 3. The first kappa shape index (κ1) is 14.9. The van der Waals surface area contributed by atoms with Crippen molar-refractivity contribution in [1.29, 1.82) is 0 Å². The van der Waals surface area contributed by atoms with Gasteiger partial charge in [-0.25, -0.2) is 0 Å². The molecule has 0 saturated carbocycles. The van der Waals surface area contributed by atoms with E-state index >= 15 is 0 Å². The third-order valence-corrected chi connectivity index (χ3v) is 4.07. The van der Waals surface area contributed by atoms with E-state index in [2.05, 4.69) is 0 Å². The fourth-order valence-corrected chi connectivity index (χ4v) is 2.65. The summed E-state index contributed by atoms with van der Waals surface area (Å²) in [5.74, 6) is 1.12. The van der Waals surface area contributed by atoms with Gasteiger partial charge in [-0.05, 0) is 18.4 Å². The van der Waals surface area contributed by atoms with Crippen molar-refractivity contribution >= 4 is 23.6 Å². The Morgan fingerprint density at radius 2 is 1.65 bits per heavy atom. The second kappa shape index (κ2) is 7.33. The number of carbonyl (C=O) groups is 2. The first-order valence-corrected chi connectivity index (χ1v) is 8.23. The van der Waals surface area contributed by atoms with Gasteiger partial charge in [-0.15, -0.1) is 0 Å². The summed E-state index contributed by atoms with van der Waals surface area (Å²) in [6.07, 6.45) is 2.59. The lowest BCUT2D eigenvalue weighted by molar-refractivity contribution is -0.132. The molecule has 4 nitrogen and oxygen atoms in total. The van der Waals surface area contributed by atoms with Gasteiger partial charge in [0.1, 0.15) is 0 Å². The maximum Gasteiger partial charge on any atom is 0.253 e. The van der Waals surface area contributed by atoms with Crippen LogP contribution in [0.15, 0.2) is 30.3 Å². The number of piperazine rings is 1. The molecule has 1 fully saturated rings. The molecule has 20 heavy (non-hydrogen) atoms. The summed E-state index contributed by atoms with van der Waals surface area (Å²) in [6, 6.07) is 9.31. The van der Waals surface area contributed by atoms with Crippen LogP contribution < -0.4 is 0 Å². The zero-order valence-corrected chi connectivity index (χ0v) is 12.6. The molecule has 108 valence electrons. The monoisotopic (exact) mass is 292 g/mol. The predicted molar refractivity (Wildman–Crippen MR) is 81.9 cm³/mol. The summed E-state index contributed by atoms with van der Waals surface area (Å²) in [7, 11) is 0. The van der Waals surface area contributed by atoms with Crippen LogP contribution in [-0.2, 0) is 4.79 Å². The van der Waals surface area contributed by atoms with Crippen molar-refractivity contribution in [1.82, 2.24) is 9.80 Å². The molecule has 0 bridgehead atoms. The standard InChI is InChI=1S/C15H20N2O2S/c1-20-12-7-14(18)16-8-10-17(11-9-16)15(19)13-5-3-2-4-6-13/h2-6H,7-12H2,1H3. The lowest BCUT2D eigenvalue weighted by Gasteiger charge is -2.34. The Kier molecular flexibility index (Phi) is 5.47. The van der Waals surface area contributed by atoms with E-state index < -0.39 is 0 Å². The van der Waals surface area contributed by atoms with Gasteiger partial charge < -0.3 is 9.80 Å². The van der Waals surface area contributed by atoms with E-state index in [1.54, 1.807) is 11.8 Å². The number of rotatable bonds is 4. The molecule has 0 atom stereocenters. The molecule has 0 aliphatic carbocycles. The quantitative estimate of drug-likeness (QED) is 0.848. The van der Waals surface area contributed by atoms with Crippen LogP contribution in [0.3, 0.4) is 0 Å². The predicted octanol–water partition coefficient (Wildman–Crippen LogP) is 1.72. The van der Waals surface area contributed by atoms with Gasteiger partial charge >= 0.3 is 0 Å². The second-order valence-electron chi connectivity index (χ2n) is 4.78. The molecule has 1 aromatic rings. The minimum Gasteiger partial charge on any atom is -0.339 e. The van der Waals surface area contributed by atoms with Crippen molar-refractivity contribution in [2.24, 2.45) is 0 Å². The molecule has 1 aromatic carbocycles. The van der Waals surface area contributed by atoms with E-state index in [4.69, 9.17) is 0 Å².